The normalized spacial score (nSPS) is 21.0. The number of ether oxygens (including phenoxy) is 2. The van der Waals surface area contributed by atoms with Crippen molar-refractivity contribution >= 4 is 32.5 Å². The zero-order valence-electron chi connectivity index (χ0n) is 15.2. The van der Waals surface area contributed by atoms with Crippen molar-refractivity contribution in [1.29, 1.82) is 0 Å². The van der Waals surface area contributed by atoms with E-state index in [0.29, 0.717) is 12.2 Å². The second kappa shape index (κ2) is 7.19. The minimum Gasteiger partial charge on any atom is -0.496 e. The smallest absolute Gasteiger partial charge is 0.342 e. The van der Waals surface area contributed by atoms with Gasteiger partial charge in [0.25, 0.3) is 5.91 Å². The van der Waals surface area contributed by atoms with Gasteiger partial charge in [-0.05, 0) is 36.2 Å². The lowest BCUT2D eigenvalue weighted by molar-refractivity contribution is -0.125. The molecule has 0 bridgehead atoms. The van der Waals surface area contributed by atoms with E-state index in [-0.39, 0.29) is 17.1 Å². The van der Waals surface area contributed by atoms with Crippen LogP contribution in [0.3, 0.4) is 0 Å². The SMILES string of the molecule is COc1cc2ccccc2cc1C(=O)OCC(=O)NC1(C)CCS(=O)(=O)C1. The third-order valence-electron chi connectivity index (χ3n) is 4.57. The number of benzene rings is 2. The van der Waals surface area contributed by atoms with Crippen LogP contribution in [0.5, 0.6) is 5.75 Å². The Morgan fingerprint density at radius 3 is 2.44 bits per heavy atom. The van der Waals surface area contributed by atoms with Gasteiger partial charge < -0.3 is 14.8 Å². The molecule has 0 aliphatic carbocycles. The van der Waals surface area contributed by atoms with Crippen LogP contribution in [-0.2, 0) is 19.4 Å². The first-order valence-corrected chi connectivity index (χ1v) is 10.3. The van der Waals surface area contributed by atoms with Gasteiger partial charge in [0, 0.05) is 0 Å². The molecule has 2 aromatic rings. The number of esters is 1. The Kier molecular flexibility index (Phi) is 5.10. The number of rotatable bonds is 5. The van der Waals surface area contributed by atoms with Crippen molar-refractivity contribution in [2.75, 3.05) is 25.2 Å². The highest BCUT2D eigenvalue weighted by Gasteiger charge is 2.39. The summed E-state index contributed by atoms with van der Waals surface area (Å²) in [5.41, 5.74) is -0.609. The van der Waals surface area contributed by atoms with Gasteiger partial charge in [0.1, 0.15) is 11.3 Å². The lowest BCUT2D eigenvalue weighted by Gasteiger charge is -2.23. The highest BCUT2D eigenvalue weighted by atomic mass is 32.2. The highest BCUT2D eigenvalue weighted by molar-refractivity contribution is 7.91. The lowest BCUT2D eigenvalue weighted by Crippen LogP contribution is -2.48. The number of sulfone groups is 1. The van der Waals surface area contributed by atoms with Crippen LogP contribution in [0.4, 0.5) is 0 Å². The van der Waals surface area contributed by atoms with Gasteiger partial charge in [-0.15, -0.1) is 0 Å². The van der Waals surface area contributed by atoms with Crippen LogP contribution in [0.1, 0.15) is 23.7 Å². The van der Waals surface area contributed by atoms with Crippen LogP contribution in [0.15, 0.2) is 36.4 Å². The molecule has 1 atom stereocenters. The van der Waals surface area contributed by atoms with Gasteiger partial charge in [0.2, 0.25) is 0 Å². The summed E-state index contributed by atoms with van der Waals surface area (Å²) in [5, 5.41) is 4.41. The van der Waals surface area contributed by atoms with Gasteiger partial charge in [-0.2, -0.15) is 0 Å². The Hall–Kier alpha value is -2.61. The molecule has 2 aromatic carbocycles. The summed E-state index contributed by atoms with van der Waals surface area (Å²) >= 11 is 0. The topological polar surface area (TPSA) is 98.8 Å². The fraction of sp³-hybridized carbons (Fsp3) is 0.368. The predicted octanol–water partition coefficient (Wildman–Crippen LogP) is 1.70. The molecule has 0 radical (unpaired) electrons. The molecule has 27 heavy (non-hydrogen) atoms. The molecule has 1 unspecified atom stereocenters. The Balaban J connectivity index is 1.67. The molecule has 3 rings (SSSR count). The van der Waals surface area contributed by atoms with E-state index in [1.807, 2.05) is 24.3 Å². The highest BCUT2D eigenvalue weighted by Crippen LogP contribution is 2.27. The summed E-state index contributed by atoms with van der Waals surface area (Å²) in [5.74, 6) is -0.941. The third-order valence-corrected chi connectivity index (χ3v) is 6.47. The average Bonchev–Trinajstić information content (AvgIpc) is 2.91. The summed E-state index contributed by atoms with van der Waals surface area (Å²) in [6.45, 7) is 1.17. The minimum atomic E-state index is -3.14. The first-order chi connectivity index (χ1) is 12.7. The molecule has 8 heteroatoms. The number of carbonyl (C=O) groups excluding carboxylic acids is 2. The van der Waals surface area contributed by atoms with E-state index < -0.39 is 33.9 Å². The molecule has 7 nitrogen and oxygen atoms in total. The van der Waals surface area contributed by atoms with E-state index in [4.69, 9.17) is 9.47 Å². The van der Waals surface area contributed by atoms with Crippen LogP contribution in [0.25, 0.3) is 10.8 Å². The number of hydrogen-bond acceptors (Lipinski definition) is 6. The van der Waals surface area contributed by atoms with Crippen LogP contribution < -0.4 is 10.1 Å². The molecule has 1 fully saturated rings. The number of carbonyl (C=O) groups is 2. The zero-order chi connectivity index (χ0) is 19.7. The number of nitrogens with one attached hydrogen (secondary N) is 1. The van der Waals surface area contributed by atoms with Crippen LogP contribution in [0, 0.1) is 0 Å². The molecule has 0 spiro atoms. The Bertz CT molecular complexity index is 1000. The van der Waals surface area contributed by atoms with Gasteiger partial charge in [-0.25, -0.2) is 13.2 Å². The fourth-order valence-corrected chi connectivity index (χ4v) is 5.33. The maximum absolute atomic E-state index is 12.4. The molecular formula is C19H21NO6S. The fourth-order valence-electron chi connectivity index (χ4n) is 3.24. The van der Waals surface area contributed by atoms with Crippen LogP contribution in [-0.4, -0.2) is 51.1 Å². The lowest BCUT2D eigenvalue weighted by atomic mass is 10.0. The van der Waals surface area contributed by atoms with Crippen molar-refractivity contribution in [2.24, 2.45) is 0 Å². The van der Waals surface area contributed by atoms with Gasteiger partial charge in [0.15, 0.2) is 16.4 Å². The third kappa shape index (κ3) is 4.39. The van der Waals surface area contributed by atoms with Crippen molar-refractivity contribution < 1.29 is 27.5 Å². The van der Waals surface area contributed by atoms with Crippen LogP contribution in [0.2, 0.25) is 0 Å². The van der Waals surface area contributed by atoms with E-state index in [0.717, 1.165) is 10.8 Å². The summed E-state index contributed by atoms with van der Waals surface area (Å²) in [4.78, 5) is 24.5. The van der Waals surface area contributed by atoms with E-state index >= 15 is 0 Å². The second-order valence-electron chi connectivity index (χ2n) is 6.93. The second-order valence-corrected chi connectivity index (χ2v) is 9.11. The Morgan fingerprint density at radius 2 is 1.85 bits per heavy atom. The molecule has 1 saturated heterocycles. The molecule has 1 heterocycles. The van der Waals surface area contributed by atoms with Gasteiger partial charge >= 0.3 is 5.97 Å². The van der Waals surface area contributed by atoms with E-state index in [9.17, 15) is 18.0 Å². The van der Waals surface area contributed by atoms with Crippen molar-refractivity contribution in [3.8, 4) is 5.75 Å². The average molecular weight is 391 g/mol. The van der Waals surface area contributed by atoms with Crippen LogP contribution >= 0.6 is 0 Å². The van der Waals surface area contributed by atoms with E-state index in [1.54, 1.807) is 19.1 Å². The molecular weight excluding hydrogens is 370 g/mol. The molecule has 1 amide bonds. The summed E-state index contributed by atoms with van der Waals surface area (Å²) in [7, 11) is -1.69. The minimum absolute atomic E-state index is 0.0395. The van der Waals surface area contributed by atoms with Crippen molar-refractivity contribution in [3.05, 3.63) is 42.0 Å². The summed E-state index contributed by atoms with van der Waals surface area (Å²) in [6.07, 6.45) is 0.341. The molecule has 0 aromatic heterocycles. The van der Waals surface area contributed by atoms with E-state index in [1.165, 1.54) is 7.11 Å². The number of methoxy groups -OCH3 is 1. The number of hydrogen-bond donors (Lipinski definition) is 1. The standard InChI is InChI=1S/C19H21NO6S/c1-19(7-8-27(23,24)12-19)20-17(21)11-26-18(22)15-9-13-5-3-4-6-14(13)10-16(15)25-2/h3-6,9-10H,7-8,11-12H2,1-2H3,(H,20,21). The molecule has 0 saturated carbocycles. The number of amides is 1. The molecule has 1 aliphatic heterocycles. The molecule has 1 aliphatic rings. The molecule has 1 N–H and O–H groups in total. The van der Waals surface area contributed by atoms with E-state index in [2.05, 4.69) is 5.32 Å². The van der Waals surface area contributed by atoms with Gasteiger partial charge in [-0.1, -0.05) is 24.3 Å². The maximum atomic E-state index is 12.4. The van der Waals surface area contributed by atoms with Crippen molar-refractivity contribution in [2.45, 2.75) is 18.9 Å². The first-order valence-electron chi connectivity index (χ1n) is 8.47. The summed E-state index contributed by atoms with van der Waals surface area (Å²) in [6, 6.07) is 10.9. The molecule has 144 valence electrons. The van der Waals surface area contributed by atoms with Crippen molar-refractivity contribution in [3.63, 3.8) is 0 Å². The Morgan fingerprint density at radius 1 is 1.19 bits per heavy atom. The summed E-state index contributed by atoms with van der Waals surface area (Å²) < 4.78 is 33.6. The Labute approximate surface area is 157 Å². The predicted molar refractivity (Wildman–Crippen MR) is 101 cm³/mol. The first kappa shape index (κ1) is 19.2. The zero-order valence-corrected chi connectivity index (χ0v) is 16.0. The quantitative estimate of drug-likeness (QED) is 0.779. The van der Waals surface area contributed by atoms with Crippen molar-refractivity contribution in [1.82, 2.24) is 5.32 Å². The van der Waals surface area contributed by atoms with Gasteiger partial charge in [0.05, 0.1) is 24.2 Å². The maximum Gasteiger partial charge on any atom is 0.342 e. The largest absolute Gasteiger partial charge is 0.496 e. The van der Waals surface area contributed by atoms with Gasteiger partial charge in [-0.3, -0.25) is 4.79 Å². The number of fused-ring (bicyclic) bond motifs is 1. The monoisotopic (exact) mass is 391 g/mol.